The molecule has 3 nitrogen and oxygen atoms in total. The summed E-state index contributed by atoms with van der Waals surface area (Å²) >= 11 is 5.88. The molecular formula is C11H15ClN2O. The average molecular weight is 227 g/mol. The van der Waals surface area contributed by atoms with Gasteiger partial charge in [0.25, 0.3) is 0 Å². The monoisotopic (exact) mass is 226 g/mol. The van der Waals surface area contributed by atoms with Crippen LogP contribution in [0, 0.1) is 0 Å². The fraction of sp³-hybridized carbons (Fsp3) is 0.545. The molecule has 0 bridgehead atoms. The van der Waals surface area contributed by atoms with Gasteiger partial charge in [-0.2, -0.15) is 0 Å². The minimum atomic E-state index is 0.0566. The third-order valence-electron chi connectivity index (χ3n) is 2.61. The van der Waals surface area contributed by atoms with Crippen LogP contribution in [0.3, 0.4) is 0 Å². The van der Waals surface area contributed by atoms with Crippen LogP contribution in [-0.2, 0) is 4.74 Å². The Morgan fingerprint density at radius 2 is 2.47 bits per heavy atom. The van der Waals surface area contributed by atoms with Crippen molar-refractivity contribution in [1.29, 1.82) is 0 Å². The third kappa shape index (κ3) is 2.91. The van der Waals surface area contributed by atoms with Crippen molar-refractivity contribution >= 4 is 11.6 Å². The van der Waals surface area contributed by atoms with Gasteiger partial charge in [-0.1, -0.05) is 11.6 Å². The van der Waals surface area contributed by atoms with E-state index in [9.17, 15) is 0 Å². The molecule has 15 heavy (non-hydrogen) atoms. The van der Waals surface area contributed by atoms with E-state index in [4.69, 9.17) is 16.3 Å². The Bertz CT molecular complexity index is 326. The molecule has 2 rings (SSSR count). The summed E-state index contributed by atoms with van der Waals surface area (Å²) in [5.41, 5.74) is 1.04. The number of aromatic nitrogens is 1. The zero-order valence-electron chi connectivity index (χ0n) is 8.74. The number of pyridine rings is 1. The topological polar surface area (TPSA) is 34.1 Å². The van der Waals surface area contributed by atoms with E-state index < -0.39 is 0 Å². The molecule has 2 heterocycles. The van der Waals surface area contributed by atoms with Crippen molar-refractivity contribution in [3.8, 4) is 0 Å². The number of halogens is 1. The molecule has 1 fully saturated rings. The molecule has 0 unspecified atom stereocenters. The van der Waals surface area contributed by atoms with Crippen LogP contribution in [0.25, 0.3) is 0 Å². The van der Waals surface area contributed by atoms with Crippen molar-refractivity contribution in [2.45, 2.75) is 25.6 Å². The molecule has 1 aromatic rings. The van der Waals surface area contributed by atoms with E-state index in [2.05, 4.69) is 10.3 Å². The first-order chi connectivity index (χ1) is 7.25. The first-order valence-corrected chi connectivity index (χ1v) is 5.60. The van der Waals surface area contributed by atoms with Crippen molar-refractivity contribution < 1.29 is 4.74 Å². The van der Waals surface area contributed by atoms with Crippen LogP contribution in [0.1, 0.15) is 25.0 Å². The Morgan fingerprint density at radius 3 is 3.13 bits per heavy atom. The van der Waals surface area contributed by atoms with Crippen LogP contribution < -0.4 is 5.32 Å². The summed E-state index contributed by atoms with van der Waals surface area (Å²) in [6.45, 7) is 4.02. The summed E-state index contributed by atoms with van der Waals surface area (Å²) in [7, 11) is 0. The summed E-state index contributed by atoms with van der Waals surface area (Å²) in [6.07, 6.45) is 4.90. The van der Waals surface area contributed by atoms with E-state index >= 15 is 0 Å². The number of nitrogens with one attached hydrogen (secondary N) is 1. The molecule has 0 aromatic carbocycles. The van der Waals surface area contributed by atoms with Gasteiger partial charge in [0.15, 0.2) is 0 Å². The average Bonchev–Trinajstić information content (AvgIpc) is 2.70. The van der Waals surface area contributed by atoms with Crippen molar-refractivity contribution in [1.82, 2.24) is 10.3 Å². The van der Waals surface area contributed by atoms with Crippen LogP contribution in [0.15, 0.2) is 18.5 Å². The second-order valence-corrected chi connectivity index (χ2v) is 4.27. The first kappa shape index (κ1) is 10.9. The van der Waals surface area contributed by atoms with Crippen molar-refractivity contribution in [3.63, 3.8) is 0 Å². The molecule has 1 aliphatic heterocycles. The zero-order valence-corrected chi connectivity index (χ0v) is 9.50. The Kier molecular flexibility index (Phi) is 3.57. The van der Waals surface area contributed by atoms with E-state index in [1.165, 1.54) is 0 Å². The Morgan fingerprint density at radius 1 is 1.60 bits per heavy atom. The molecule has 0 radical (unpaired) electrons. The summed E-state index contributed by atoms with van der Waals surface area (Å²) < 4.78 is 5.89. The standard InChI is InChI=1S/C11H15ClN2O/c1-8(15-11-2-3-13-7-11)9-4-10(12)6-14-5-9/h4-6,8,11,13H,2-3,7H2,1H3/t8-,11-/m1/s1. The van der Waals surface area contributed by atoms with E-state index in [1.807, 2.05) is 13.0 Å². The van der Waals surface area contributed by atoms with Gasteiger partial charge < -0.3 is 10.1 Å². The minimum absolute atomic E-state index is 0.0566. The van der Waals surface area contributed by atoms with Gasteiger partial charge in [-0.25, -0.2) is 0 Å². The number of hydrogen-bond acceptors (Lipinski definition) is 3. The van der Waals surface area contributed by atoms with Crippen LogP contribution in [0.4, 0.5) is 0 Å². The van der Waals surface area contributed by atoms with Crippen molar-refractivity contribution in [2.24, 2.45) is 0 Å². The highest BCUT2D eigenvalue weighted by molar-refractivity contribution is 6.30. The molecule has 0 aliphatic carbocycles. The predicted octanol–water partition coefficient (Wildman–Crippen LogP) is 2.17. The normalized spacial score (nSPS) is 22.9. The molecule has 0 amide bonds. The van der Waals surface area contributed by atoms with Gasteiger partial charge in [-0.05, 0) is 26.0 Å². The van der Waals surface area contributed by atoms with Crippen LogP contribution in [0.2, 0.25) is 5.02 Å². The Balaban J connectivity index is 1.97. The van der Waals surface area contributed by atoms with Gasteiger partial charge in [-0.3, -0.25) is 4.98 Å². The minimum Gasteiger partial charge on any atom is -0.369 e. The SMILES string of the molecule is C[C@@H](O[C@@H]1CCNC1)c1cncc(Cl)c1. The van der Waals surface area contributed by atoms with Crippen LogP contribution >= 0.6 is 11.6 Å². The zero-order chi connectivity index (χ0) is 10.7. The summed E-state index contributed by atoms with van der Waals surface area (Å²) in [4.78, 5) is 4.05. The highest BCUT2D eigenvalue weighted by atomic mass is 35.5. The van der Waals surface area contributed by atoms with Crippen LogP contribution in [-0.4, -0.2) is 24.2 Å². The summed E-state index contributed by atoms with van der Waals surface area (Å²) in [5.74, 6) is 0. The maximum absolute atomic E-state index is 5.89. The van der Waals surface area contributed by atoms with E-state index in [0.29, 0.717) is 11.1 Å². The van der Waals surface area contributed by atoms with E-state index in [1.54, 1.807) is 12.4 Å². The quantitative estimate of drug-likeness (QED) is 0.858. The molecule has 1 N–H and O–H groups in total. The maximum atomic E-state index is 5.89. The smallest absolute Gasteiger partial charge is 0.0816 e. The number of hydrogen-bond donors (Lipinski definition) is 1. The highest BCUT2D eigenvalue weighted by Gasteiger charge is 2.18. The Hall–Kier alpha value is -0.640. The third-order valence-corrected chi connectivity index (χ3v) is 2.81. The van der Waals surface area contributed by atoms with Gasteiger partial charge in [-0.15, -0.1) is 0 Å². The van der Waals surface area contributed by atoms with E-state index in [-0.39, 0.29) is 6.10 Å². The lowest BCUT2D eigenvalue weighted by Crippen LogP contribution is -2.18. The number of rotatable bonds is 3. The van der Waals surface area contributed by atoms with E-state index in [0.717, 1.165) is 25.1 Å². The molecule has 2 atom stereocenters. The molecule has 82 valence electrons. The molecular weight excluding hydrogens is 212 g/mol. The van der Waals surface area contributed by atoms with Gasteiger partial charge in [0.1, 0.15) is 0 Å². The molecule has 1 aromatic heterocycles. The molecule has 4 heteroatoms. The first-order valence-electron chi connectivity index (χ1n) is 5.22. The Labute approximate surface area is 94.8 Å². The van der Waals surface area contributed by atoms with Crippen molar-refractivity contribution in [2.75, 3.05) is 13.1 Å². The predicted molar refractivity (Wildman–Crippen MR) is 60.0 cm³/mol. The van der Waals surface area contributed by atoms with Crippen molar-refractivity contribution in [3.05, 3.63) is 29.0 Å². The maximum Gasteiger partial charge on any atom is 0.0816 e. The van der Waals surface area contributed by atoms with Gasteiger partial charge in [0, 0.05) is 24.5 Å². The largest absolute Gasteiger partial charge is 0.369 e. The second kappa shape index (κ2) is 4.92. The summed E-state index contributed by atoms with van der Waals surface area (Å²) in [5, 5.41) is 3.93. The molecule has 0 saturated carbocycles. The molecule has 1 aliphatic rings. The van der Waals surface area contributed by atoms with Gasteiger partial charge in [0.05, 0.1) is 17.2 Å². The van der Waals surface area contributed by atoms with Crippen LogP contribution in [0.5, 0.6) is 0 Å². The lowest BCUT2D eigenvalue weighted by molar-refractivity contribution is 0.00812. The lowest BCUT2D eigenvalue weighted by Gasteiger charge is -2.17. The molecule has 0 spiro atoms. The highest BCUT2D eigenvalue weighted by Crippen LogP contribution is 2.22. The van der Waals surface area contributed by atoms with Gasteiger partial charge in [0.2, 0.25) is 0 Å². The number of nitrogens with zero attached hydrogens (tertiary/aromatic N) is 1. The number of ether oxygens (including phenoxy) is 1. The summed E-state index contributed by atoms with van der Waals surface area (Å²) in [6, 6.07) is 1.90. The molecule has 1 saturated heterocycles. The fourth-order valence-corrected chi connectivity index (χ4v) is 1.94. The lowest BCUT2D eigenvalue weighted by atomic mass is 10.2. The second-order valence-electron chi connectivity index (χ2n) is 3.83. The van der Waals surface area contributed by atoms with Gasteiger partial charge >= 0.3 is 0 Å². The fourth-order valence-electron chi connectivity index (χ4n) is 1.76.